The molecule has 2 aromatic rings. The molecule has 3 rings (SSSR count). The predicted octanol–water partition coefficient (Wildman–Crippen LogP) is 0.233. The molecule has 0 unspecified atom stereocenters. The molecule has 0 bridgehead atoms. The Kier molecular flexibility index (Phi) is 4.30. The zero-order chi connectivity index (χ0) is 15.5. The SMILES string of the molecule is Cn1cc(O[C@@H]2COC[C@@H]2NC(=O)Cn2cc(Cl)cn2)cn1. The van der Waals surface area contributed by atoms with Crippen LogP contribution in [-0.4, -0.2) is 50.8 Å². The molecule has 1 N–H and O–H groups in total. The normalized spacial score (nSPS) is 21.0. The number of carbonyl (C=O) groups excluding carboxylic acids is 1. The monoisotopic (exact) mass is 325 g/mol. The minimum atomic E-state index is -0.241. The molecule has 1 saturated heterocycles. The number of nitrogens with one attached hydrogen (secondary N) is 1. The number of aryl methyl sites for hydroxylation is 1. The van der Waals surface area contributed by atoms with E-state index in [1.165, 1.54) is 10.9 Å². The molecular weight excluding hydrogens is 310 g/mol. The highest BCUT2D eigenvalue weighted by Gasteiger charge is 2.31. The summed E-state index contributed by atoms with van der Waals surface area (Å²) in [6, 6.07) is -0.209. The summed E-state index contributed by atoms with van der Waals surface area (Å²) in [6.07, 6.45) is 6.23. The van der Waals surface area contributed by atoms with Crippen molar-refractivity contribution in [1.82, 2.24) is 24.9 Å². The number of aromatic nitrogens is 4. The van der Waals surface area contributed by atoms with E-state index in [1.807, 2.05) is 7.05 Å². The van der Waals surface area contributed by atoms with Crippen molar-refractivity contribution in [3.8, 4) is 5.75 Å². The molecule has 8 nitrogen and oxygen atoms in total. The number of rotatable bonds is 5. The van der Waals surface area contributed by atoms with Crippen LogP contribution in [0.25, 0.3) is 0 Å². The van der Waals surface area contributed by atoms with Crippen LogP contribution in [-0.2, 0) is 23.1 Å². The molecule has 1 aliphatic rings. The molecular formula is C13H16ClN5O3. The Hall–Kier alpha value is -2.06. The van der Waals surface area contributed by atoms with Crippen LogP contribution in [0.15, 0.2) is 24.8 Å². The van der Waals surface area contributed by atoms with Gasteiger partial charge in [0.25, 0.3) is 0 Å². The number of hydrogen-bond donors (Lipinski definition) is 1. The molecule has 3 heterocycles. The molecule has 2 aromatic heterocycles. The lowest BCUT2D eigenvalue weighted by atomic mass is 10.2. The fourth-order valence-electron chi connectivity index (χ4n) is 2.24. The van der Waals surface area contributed by atoms with Gasteiger partial charge in [-0.15, -0.1) is 0 Å². The standard InChI is InChI=1S/C13H16ClN5O3/c1-18-5-10(3-15-18)22-12-8-21-7-11(12)17-13(20)6-19-4-9(14)2-16-19/h2-5,11-12H,6-8H2,1H3,(H,17,20)/t11-,12+/m0/s1. The minimum Gasteiger partial charge on any atom is -0.482 e. The van der Waals surface area contributed by atoms with Crippen LogP contribution in [0.2, 0.25) is 5.02 Å². The maximum Gasteiger partial charge on any atom is 0.242 e. The Morgan fingerprint density at radius 3 is 3.00 bits per heavy atom. The van der Waals surface area contributed by atoms with Crippen LogP contribution < -0.4 is 10.1 Å². The topological polar surface area (TPSA) is 83.2 Å². The Bertz CT molecular complexity index is 656. The van der Waals surface area contributed by atoms with Crippen molar-refractivity contribution in [2.45, 2.75) is 18.7 Å². The first-order chi connectivity index (χ1) is 10.6. The minimum absolute atomic E-state index is 0.100. The van der Waals surface area contributed by atoms with E-state index in [-0.39, 0.29) is 24.6 Å². The van der Waals surface area contributed by atoms with Crippen molar-refractivity contribution >= 4 is 17.5 Å². The van der Waals surface area contributed by atoms with Gasteiger partial charge in [-0.05, 0) is 0 Å². The molecule has 0 aromatic carbocycles. The first-order valence-electron chi connectivity index (χ1n) is 6.80. The van der Waals surface area contributed by atoms with Gasteiger partial charge in [-0.25, -0.2) is 0 Å². The van der Waals surface area contributed by atoms with Gasteiger partial charge in [-0.2, -0.15) is 10.2 Å². The van der Waals surface area contributed by atoms with Crippen LogP contribution in [0, 0.1) is 0 Å². The highest BCUT2D eigenvalue weighted by Crippen LogP contribution is 2.16. The largest absolute Gasteiger partial charge is 0.482 e. The van der Waals surface area contributed by atoms with Crippen molar-refractivity contribution in [1.29, 1.82) is 0 Å². The second-order valence-corrected chi connectivity index (χ2v) is 5.51. The molecule has 2 atom stereocenters. The lowest BCUT2D eigenvalue weighted by Gasteiger charge is -2.19. The summed E-state index contributed by atoms with van der Waals surface area (Å²) < 4.78 is 14.3. The van der Waals surface area contributed by atoms with E-state index in [2.05, 4.69) is 15.5 Å². The van der Waals surface area contributed by atoms with Gasteiger partial charge in [0.1, 0.15) is 12.6 Å². The molecule has 1 fully saturated rings. The second kappa shape index (κ2) is 6.37. The first-order valence-corrected chi connectivity index (χ1v) is 7.18. The van der Waals surface area contributed by atoms with Crippen molar-refractivity contribution in [2.24, 2.45) is 7.05 Å². The van der Waals surface area contributed by atoms with Crippen molar-refractivity contribution in [3.05, 3.63) is 29.8 Å². The number of hydrogen-bond acceptors (Lipinski definition) is 5. The molecule has 9 heteroatoms. The highest BCUT2D eigenvalue weighted by atomic mass is 35.5. The fraction of sp³-hybridized carbons (Fsp3) is 0.462. The predicted molar refractivity (Wildman–Crippen MR) is 77.6 cm³/mol. The van der Waals surface area contributed by atoms with Crippen LogP contribution in [0.4, 0.5) is 0 Å². The number of ether oxygens (including phenoxy) is 2. The Morgan fingerprint density at radius 2 is 2.32 bits per heavy atom. The van der Waals surface area contributed by atoms with Crippen LogP contribution >= 0.6 is 11.6 Å². The third-order valence-corrected chi connectivity index (χ3v) is 3.45. The summed E-state index contributed by atoms with van der Waals surface area (Å²) in [5.74, 6) is 0.478. The fourth-order valence-corrected chi connectivity index (χ4v) is 2.40. The molecule has 0 spiro atoms. The molecule has 118 valence electrons. The van der Waals surface area contributed by atoms with Crippen LogP contribution in [0.5, 0.6) is 5.75 Å². The van der Waals surface area contributed by atoms with E-state index in [0.29, 0.717) is 24.0 Å². The Labute approximate surface area is 131 Å². The molecule has 1 amide bonds. The van der Waals surface area contributed by atoms with E-state index < -0.39 is 0 Å². The quantitative estimate of drug-likeness (QED) is 0.851. The second-order valence-electron chi connectivity index (χ2n) is 5.07. The van der Waals surface area contributed by atoms with Gasteiger partial charge < -0.3 is 14.8 Å². The van der Waals surface area contributed by atoms with Crippen LogP contribution in [0.1, 0.15) is 0 Å². The molecule has 1 aliphatic heterocycles. The lowest BCUT2D eigenvalue weighted by Crippen LogP contribution is -2.46. The third kappa shape index (κ3) is 3.58. The van der Waals surface area contributed by atoms with Crippen LogP contribution in [0.3, 0.4) is 0 Å². The summed E-state index contributed by atoms with van der Waals surface area (Å²) in [7, 11) is 1.81. The molecule has 0 aliphatic carbocycles. The van der Waals surface area contributed by atoms with Gasteiger partial charge in [0.15, 0.2) is 5.75 Å². The maximum absolute atomic E-state index is 12.0. The van der Waals surface area contributed by atoms with E-state index in [0.717, 1.165) is 0 Å². The van der Waals surface area contributed by atoms with Gasteiger partial charge >= 0.3 is 0 Å². The zero-order valence-electron chi connectivity index (χ0n) is 12.0. The van der Waals surface area contributed by atoms with Gasteiger partial charge in [0, 0.05) is 13.2 Å². The number of nitrogens with zero attached hydrogens (tertiary/aromatic N) is 4. The summed E-state index contributed by atoms with van der Waals surface area (Å²) in [5, 5.41) is 11.4. The van der Waals surface area contributed by atoms with E-state index in [9.17, 15) is 4.79 Å². The van der Waals surface area contributed by atoms with Crippen molar-refractivity contribution in [2.75, 3.05) is 13.2 Å². The maximum atomic E-state index is 12.0. The summed E-state index contributed by atoms with van der Waals surface area (Å²) in [5.41, 5.74) is 0. The Balaban J connectivity index is 1.55. The van der Waals surface area contributed by atoms with Gasteiger partial charge in [0.2, 0.25) is 5.91 Å². The summed E-state index contributed by atoms with van der Waals surface area (Å²) in [6.45, 7) is 0.937. The van der Waals surface area contributed by atoms with E-state index in [1.54, 1.807) is 23.3 Å². The van der Waals surface area contributed by atoms with Gasteiger partial charge in [-0.1, -0.05) is 11.6 Å². The summed E-state index contributed by atoms with van der Waals surface area (Å²) >= 11 is 5.77. The average molecular weight is 326 g/mol. The summed E-state index contributed by atoms with van der Waals surface area (Å²) in [4.78, 5) is 12.0. The molecule has 0 saturated carbocycles. The van der Waals surface area contributed by atoms with Crippen molar-refractivity contribution in [3.63, 3.8) is 0 Å². The van der Waals surface area contributed by atoms with Gasteiger partial charge in [-0.3, -0.25) is 14.2 Å². The zero-order valence-corrected chi connectivity index (χ0v) is 12.7. The van der Waals surface area contributed by atoms with Gasteiger partial charge in [0.05, 0.1) is 42.9 Å². The molecule has 0 radical (unpaired) electrons. The first kappa shape index (κ1) is 14.9. The Morgan fingerprint density at radius 1 is 1.45 bits per heavy atom. The third-order valence-electron chi connectivity index (χ3n) is 3.25. The molecule has 22 heavy (non-hydrogen) atoms. The number of amides is 1. The highest BCUT2D eigenvalue weighted by molar-refractivity contribution is 6.30. The number of halogens is 1. The smallest absolute Gasteiger partial charge is 0.242 e. The lowest BCUT2D eigenvalue weighted by molar-refractivity contribution is -0.123. The van der Waals surface area contributed by atoms with Crippen molar-refractivity contribution < 1.29 is 14.3 Å². The average Bonchev–Trinajstić information content (AvgIpc) is 3.15. The number of carbonyl (C=O) groups is 1. The van der Waals surface area contributed by atoms with E-state index >= 15 is 0 Å². The van der Waals surface area contributed by atoms with E-state index in [4.69, 9.17) is 21.1 Å².